The molecule has 5 N–H and O–H groups in total. The summed E-state index contributed by atoms with van der Waals surface area (Å²) in [6.45, 7) is 5.80. The van der Waals surface area contributed by atoms with Gasteiger partial charge in [0.05, 0.1) is 0 Å². The van der Waals surface area contributed by atoms with Crippen molar-refractivity contribution in [2.75, 3.05) is 6.54 Å². The standard InChI is InChI=1S/C5H9NO.H4N2/c1-3-5(7)6-4-2;1-2/h3H,1,4H2,2H3,(H,6,7);1-2H2. The maximum absolute atomic E-state index is 10.2. The van der Waals surface area contributed by atoms with Crippen molar-refractivity contribution in [3.05, 3.63) is 12.7 Å². The van der Waals surface area contributed by atoms with E-state index in [4.69, 9.17) is 0 Å². The fourth-order valence-corrected chi connectivity index (χ4v) is 0.246. The van der Waals surface area contributed by atoms with Crippen molar-refractivity contribution in [3.63, 3.8) is 0 Å². The number of hydrazine groups is 1. The van der Waals surface area contributed by atoms with Gasteiger partial charge >= 0.3 is 0 Å². The molecular weight excluding hydrogens is 118 g/mol. The van der Waals surface area contributed by atoms with Crippen LogP contribution in [0.2, 0.25) is 0 Å². The Kier molecular flexibility index (Phi) is 12.4. The van der Waals surface area contributed by atoms with Crippen molar-refractivity contribution in [2.45, 2.75) is 6.92 Å². The molecule has 9 heavy (non-hydrogen) atoms. The lowest BCUT2D eigenvalue weighted by Crippen LogP contribution is -2.19. The molecule has 1 amide bonds. The average molecular weight is 131 g/mol. The summed E-state index contributed by atoms with van der Waals surface area (Å²) in [7, 11) is 0. The summed E-state index contributed by atoms with van der Waals surface area (Å²) < 4.78 is 0. The first-order valence-corrected chi connectivity index (χ1v) is 2.55. The molecule has 0 heterocycles. The van der Waals surface area contributed by atoms with Crippen LogP contribution in [0.15, 0.2) is 12.7 Å². The molecule has 0 atom stereocenters. The number of hydrogen-bond donors (Lipinski definition) is 3. The largest absolute Gasteiger partial charge is 0.353 e. The summed E-state index contributed by atoms with van der Waals surface area (Å²) in [5, 5.41) is 2.54. The highest BCUT2D eigenvalue weighted by Gasteiger charge is 1.83. The van der Waals surface area contributed by atoms with Crippen LogP contribution < -0.4 is 17.0 Å². The highest BCUT2D eigenvalue weighted by molar-refractivity contribution is 5.86. The van der Waals surface area contributed by atoms with Crippen molar-refractivity contribution in [1.29, 1.82) is 0 Å². The van der Waals surface area contributed by atoms with Crippen LogP contribution in [0.25, 0.3) is 0 Å². The van der Waals surface area contributed by atoms with E-state index in [2.05, 4.69) is 23.6 Å². The molecule has 0 radical (unpaired) electrons. The predicted molar refractivity (Wildman–Crippen MR) is 37.3 cm³/mol. The highest BCUT2D eigenvalue weighted by atomic mass is 16.1. The van der Waals surface area contributed by atoms with Gasteiger partial charge in [-0.1, -0.05) is 6.58 Å². The Balaban J connectivity index is 0. The molecule has 4 nitrogen and oxygen atoms in total. The minimum absolute atomic E-state index is 0.109. The van der Waals surface area contributed by atoms with E-state index in [9.17, 15) is 4.79 Å². The van der Waals surface area contributed by atoms with Gasteiger partial charge in [-0.15, -0.1) is 0 Å². The van der Waals surface area contributed by atoms with Crippen LogP contribution in [0.1, 0.15) is 6.92 Å². The van der Waals surface area contributed by atoms with Gasteiger partial charge in [0.1, 0.15) is 0 Å². The monoisotopic (exact) mass is 131 g/mol. The zero-order chi connectivity index (χ0) is 7.70. The van der Waals surface area contributed by atoms with Gasteiger partial charge in [-0.3, -0.25) is 16.5 Å². The number of carbonyl (C=O) groups is 1. The second-order valence-electron chi connectivity index (χ2n) is 1.10. The second kappa shape index (κ2) is 10.2. The average Bonchev–Trinajstić information content (AvgIpc) is 1.93. The SMILES string of the molecule is C=CC(=O)NCC.NN. The first-order chi connectivity index (χ1) is 4.31. The van der Waals surface area contributed by atoms with Crippen LogP contribution in [-0.4, -0.2) is 12.5 Å². The van der Waals surface area contributed by atoms with Crippen molar-refractivity contribution >= 4 is 5.91 Å². The molecule has 0 fully saturated rings. The zero-order valence-electron chi connectivity index (χ0n) is 5.55. The minimum atomic E-state index is -0.109. The van der Waals surface area contributed by atoms with Crippen LogP contribution in [-0.2, 0) is 4.79 Å². The van der Waals surface area contributed by atoms with Gasteiger partial charge in [0.25, 0.3) is 0 Å². The summed E-state index contributed by atoms with van der Waals surface area (Å²) in [5.41, 5.74) is 0. The van der Waals surface area contributed by atoms with E-state index in [0.717, 1.165) is 0 Å². The number of nitrogens with one attached hydrogen (secondary N) is 1. The fraction of sp³-hybridized carbons (Fsp3) is 0.400. The summed E-state index contributed by atoms with van der Waals surface area (Å²) in [6.07, 6.45) is 1.25. The van der Waals surface area contributed by atoms with Crippen molar-refractivity contribution in [3.8, 4) is 0 Å². The Morgan fingerprint density at radius 1 is 1.78 bits per heavy atom. The van der Waals surface area contributed by atoms with Crippen molar-refractivity contribution in [2.24, 2.45) is 11.7 Å². The van der Waals surface area contributed by atoms with E-state index in [-0.39, 0.29) is 5.91 Å². The van der Waals surface area contributed by atoms with E-state index in [1.165, 1.54) is 6.08 Å². The third kappa shape index (κ3) is 11.0. The number of carbonyl (C=O) groups excluding carboxylic acids is 1. The number of nitrogens with two attached hydrogens (primary N) is 2. The normalized spacial score (nSPS) is 6.56. The maximum Gasteiger partial charge on any atom is 0.243 e. The van der Waals surface area contributed by atoms with Crippen LogP contribution in [0.4, 0.5) is 0 Å². The molecule has 0 saturated carbocycles. The van der Waals surface area contributed by atoms with E-state index < -0.39 is 0 Å². The molecular formula is C5H13N3O. The van der Waals surface area contributed by atoms with Crippen LogP contribution in [0.5, 0.6) is 0 Å². The lowest BCUT2D eigenvalue weighted by atomic mass is 10.6. The van der Waals surface area contributed by atoms with Crippen molar-refractivity contribution in [1.82, 2.24) is 5.32 Å². The molecule has 0 aromatic heterocycles. The fourth-order valence-electron chi connectivity index (χ4n) is 0.246. The molecule has 0 saturated heterocycles. The van der Waals surface area contributed by atoms with Crippen LogP contribution in [0, 0.1) is 0 Å². The quantitative estimate of drug-likeness (QED) is 0.259. The van der Waals surface area contributed by atoms with Crippen LogP contribution >= 0.6 is 0 Å². The number of hydrogen-bond acceptors (Lipinski definition) is 3. The molecule has 0 spiro atoms. The van der Waals surface area contributed by atoms with Gasteiger partial charge in [0.15, 0.2) is 0 Å². The molecule has 0 rings (SSSR count). The van der Waals surface area contributed by atoms with Gasteiger partial charge in [0, 0.05) is 6.54 Å². The molecule has 54 valence electrons. The molecule has 0 bridgehead atoms. The summed E-state index contributed by atoms with van der Waals surface area (Å²) in [6, 6.07) is 0. The molecule has 4 heteroatoms. The summed E-state index contributed by atoms with van der Waals surface area (Å²) >= 11 is 0. The van der Waals surface area contributed by atoms with E-state index in [1.807, 2.05) is 6.92 Å². The molecule has 0 aromatic rings. The zero-order valence-corrected chi connectivity index (χ0v) is 5.55. The third-order valence-electron chi connectivity index (χ3n) is 0.536. The lowest BCUT2D eigenvalue weighted by molar-refractivity contribution is -0.116. The maximum atomic E-state index is 10.2. The van der Waals surface area contributed by atoms with E-state index in [0.29, 0.717) is 6.54 Å². The molecule has 0 aliphatic rings. The van der Waals surface area contributed by atoms with Gasteiger partial charge in [0.2, 0.25) is 5.91 Å². The van der Waals surface area contributed by atoms with Crippen molar-refractivity contribution < 1.29 is 4.79 Å². The molecule has 0 aliphatic heterocycles. The van der Waals surface area contributed by atoms with E-state index >= 15 is 0 Å². The Bertz CT molecular complexity index is 82.3. The Labute approximate surface area is 54.9 Å². The summed E-state index contributed by atoms with van der Waals surface area (Å²) in [5.74, 6) is 7.89. The Morgan fingerprint density at radius 2 is 2.22 bits per heavy atom. The topological polar surface area (TPSA) is 81.1 Å². The number of amides is 1. The molecule has 0 aliphatic carbocycles. The third-order valence-corrected chi connectivity index (χ3v) is 0.536. The number of likely N-dealkylation sites (N-methyl/N-ethyl adjacent to an activating group) is 1. The van der Waals surface area contributed by atoms with E-state index in [1.54, 1.807) is 0 Å². The van der Waals surface area contributed by atoms with Crippen LogP contribution in [0.3, 0.4) is 0 Å². The minimum Gasteiger partial charge on any atom is -0.353 e. The van der Waals surface area contributed by atoms with Gasteiger partial charge in [-0.25, -0.2) is 0 Å². The Hall–Kier alpha value is -0.870. The predicted octanol–water partition coefficient (Wildman–Crippen LogP) is -0.873. The number of rotatable bonds is 2. The van der Waals surface area contributed by atoms with Gasteiger partial charge in [-0.2, -0.15) is 0 Å². The van der Waals surface area contributed by atoms with Gasteiger partial charge in [-0.05, 0) is 13.0 Å². The first-order valence-electron chi connectivity index (χ1n) is 2.55. The molecule has 0 aromatic carbocycles. The highest BCUT2D eigenvalue weighted by Crippen LogP contribution is 1.61. The smallest absolute Gasteiger partial charge is 0.243 e. The Morgan fingerprint density at radius 3 is 2.33 bits per heavy atom. The summed E-state index contributed by atoms with van der Waals surface area (Å²) in [4.78, 5) is 10.2. The first kappa shape index (κ1) is 11.0. The second-order valence-corrected chi connectivity index (χ2v) is 1.10. The van der Waals surface area contributed by atoms with Gasteiger partial charge < -0.3 is 5.32 Å². The lowest BCUT2D eigenvalue weighted by Gasteiger charge is -1.90. The molecule has 0 unspecified atom stereocenters.